The molecule has 6 heteroatoms. The van der Waals surface area contributed by atoms with Crippen molar-refractivity contribution in [1.29, 1.82) is 0 Å². The van der Waals surface area contributed by atoms with Gasteiger partial charge in [0.05, 0.1) is 0 Å². The van der Waals surface area contributed by atoms with E-state index in [1.807, 2.05) is 0 Å². The van der Waals surface area contributed by atoms with E-state index in [9.17, 15) is 14.4 Å². The summed E-state index contributed by atoms with van der Waals surface area (Å²) in [5.41, 5.74) is 0. The Kier molecular flexibility index (Phi) is 62.3. The number of esters is 3. The number of carbonyl (C=O) groups excluding carboxylic acids is 3. The molecule has 6 nitrogen and oxygen atoms in total. The monoisotopic (exact) mass is 1080 g/mol. The lowest BCUT2D eigenvalue weighted by molar-refractivity contribution is -0.167. The second-order valence-corrected chi connectivity index (χ2v) is 21.6. The van der Waals surface area contributed by atoms with Gasteiger partial charge in [-0.25, -0.2) is 0 Å². The smallest absolute Gasteiger partial charge is 0.306 e. The molecule has 0 aliphatic rings. The van der Waals surface area contributed by atoms with Crippen molar-refractivity contribution in [2.45, 2.75) is 316 Å². The molecule has 0 aromatic heterocycles. The largest absolute Gasteiger partial charge is 0.462 e. The van der Waals surface area contributed by atoms with E-state index in [1.165, 1.54) is 167 Å². The van der Waals surface area contributed by atoms with Crippen LogP contribution < -0.4 is 0 Å². The lowest BCUT2D eigenvalue weighted by Gasteiger charge is -2.18. The van der Waals surface area contributed by atoms with Gasteiger partial charge in [-0.15, -0.1) is 0 Å². The lowest BCUT2D eigenvalue weighted by atomic mass is 10.0. The zero-order valence-electron chi connectivity index (χ0n) is 51.2. The highest BCUT2D eigenvalue weighted by molar-refractivity contribution is 5.71. The fourth-order valence-electron chi connectivity index (χ4n) is 9.11. The highest BCUT2D eigenvalue weighted by Gasteiger charge is 2.19. The molecule has 0 saturated heterocycles. The molecule has 0 fully saturated rings. The van der Waals surface area contributed by atoms with Crippen LogP contribution in [0.1, 0.15) is 310 Å². The van der Waals surface area contributed by atoms with Crippen LogP contribution in [0.4, 0.5) is 0 Å². The zero-order chi connectivity index (χ0) is 56.4. The predicted molar refractivity (Wildman–Crippen MR) is 339 cm³/mol. The number of rotatable bonds is 59. The molecule has 0 aliphatic heterocycles. The van der Waals surface area contributed by atoms with Crippen LogP contribution in [0, 0.1) is 0 Å². The zero-order valence-corrected chi connectivity index (χ0v) is 51.2. The number of hydrogen-bond acceptors (Lipinski definition) is 6. The Morgan fingerprint density at radius 2 is 0.513 bits per heavy atom. The summed E-state index contributed by atoms with van der Waals surface area (Å²) in [5.74, 6) is -0.949. The minimum Gasteiger partial charge on any atom is -0.462 e. The summed E-state index contributed by atoms with van der Waals surface area (Å²) in [5, 5.41) is 0. The van der Waals surface area contributed by atoms with Gasteiger partial charge in [0, 0.05) is 19.3 Å². The summed E-state index contributed by atoms with van der Waals surface area (Å²) in [6.07, 6.45) is 89.6. The number of hydrogen-bond donors (Lipinski definition) is 0. The van der Waals surface area contributed by atoms with E-state index in [1.54, 1.807) is 0 Å². The first kappa shape index (κ1) is 74.1. The van der Waals surface area contributed by atoms with E-state index < -0.39 is 6.10 Å². The van der Waals surface area contributed by atoms with Crippen LogP contribution in [0.15, 0.2) is 109 Å². The van der Waals surface area contributed by atoms with Crippen LogP contribution in [0.25, 0.3) is 0 Å². The van der Waals surface area contributed by atoms with E-state index in [0.717, 1.165) is 96.3 Å². The molecule has 0 spiro atoms. The van der Waals surface area contributed by atoms with Gasteiger partial charge < -0.3 is 14.2 Å². The first-order valence-electron chi connectivity index (χ1n) is 32.9. The average Bonchev–Trinajstić information content (AvgIpc) is 3.44. The summed E-state index contributed by atoms with van der Waals surface area (Å²) >= 11 is 0. The van der Waals surface area contributed by atoms with Gasteiger partial charge >= 0.3 is 17.9 Å². The van der Waals surface area contributed by atoms with Crippen molar-refractivity contribution in [2.75, 3.05) is 13.2 Å². The molecule has 78 heavy (non-hydrogen) atoms. The fraction of sp³-hybridized carbons (Fsp3) is 0.708. The highest BCUT2D eigenvalue weighted by Crippen LogP contribution is 2.16. The Morgan fingerprint density at radius 3 is 0.833 bits per heavy atom. The molecule has 0 rings (SSSR count). The van der Waals surface area contributed by atoms with E-state index in [0.29, 0.717) is 19.3 Å². The minimum atomic E-state index is -0.804. The topological polar surface area (TPSA) is 78.9 Å². The summed E-state index contributed by atoms with van der Waals surface area (Å²) in [4.78, 5) is 38.3. The van der Waals surface area contributed by atoms with Gasteiger partial charge in [-0.3, -0.25) is 14.4 Å². The van der Waals surface area contributed by atoms with Gasteiger partial charge in [0.25, 0.3) is 0 Å². The summed E-state index contributed by atoms with van der Waals surface area (Å²) in [6.45, 7) is 6.49. The third-order valence-electron chi connectivity index (χ3n) is 14.0. The van der Waals surface area contributed by atoms with Gasteiger partial charge in [0.2, 0.25) is 0 Å². The molecule has 1 atom stereocenters. The van der Waals surface area contributed by atoms with Gasteiger partial charge in [-0.2, -0.15) is 0 Å². The minimum absolute atomic E-state index is 0.0952. The molecular formula is C72H122O6. The molecule has 446 valence electrons. The number of allylic oxidation sites excluding steroid dienone is 18. The van der Waals surface area contributed by atoms with Crippen molar-refractivity contribution < 1.29 is 28.6 Å². The van der Waals surface area contributed by atoms with E-state index in [-0.39, 0.29) is 37.5 Å². The van der Waals surface area contributed by atoms with Crippen molar-refractivity contribution in [3.63, 3.8) is 0 Å². The van der Waals surface area contributed by atoms with Crippen molar-refractivity contribution >= 4 is 17.9 Å². The third kappa shape index (κ3) is 62.9. The molecule has 0 saturated carbocycles. The van der Waals surface area contributed by atoms with E-state index in [4.69, 9.17) is 14.2 Å². The number of carbonyl (C=O) groups is 3. The quantitative estimate of drug-likeness (QED) is 0.0261. The molecule has 0 aromatic rings. The predicted octanol–water partition coefficient (Wildman–Crippen LogP) is 22.6. The van der Waals surface area contributed by atoms with Gasteiger partial charge in [0.15, 0.2) is 6.10 Å². The van der Waals surface area contributed by atoms with Crippen molar-refractivity contribution in [3.8, 4) is 0 Å². The second kappa shape index (κ2) is 65.6. The standard InChI is InChI=1S/C72H122O6/c1-4-7-10-13-16-19-22-25-28-30-32-34-36-38-40-42-44-47-50-53-56-59-62-65-71(74)77-68-69(67-76-70(73)64-61-58-55-52-49-46-27-24-21-18-15-12-9-6-3)78-72(75)66-63-60-57-54-51-48-45-43-41-39-37-35-33-31-29-26-23-20-17-14-11-8-5-2/h7,10,16,19,23,25-26,28,31-34,38,40,44,47,53,56,69H,4-6,8-9,11-15,17-18,20-22,24,27,29-30,35-37,39,41-43,45-46,48-52,54-55,57-68H2,1-3H3/b10-7-,19-16-,26-23-,28-25-,33-31-,34-32-,40-38-,47-44-,56-53-. The van der Waals surface area contributed by atoms with Crippen molar-refractivity contribution in [1.82, 2.24) is 0 Å². The Hall–Kier alpha value is -3.93. The van der Waals surface area contributed by atoms with Crippen LogP contribution in [0.5, 0.6) is 0 Å². The van der Waals surface area contributed by atoms with Crippen molar-refractivity contribution in [2.24, 2.45) is 0 Å². The maximum absolute atomic E-state index is 12.9. The fourth-order valence-corrected chi connectivity index (χ4v) is 9.11. The van der Waals surface area contributed by atoms with Crippen LogP contribution in [0.2, 0.25) is 0 Å². The summed E-state index contributed by atoms with van der Waals surface area (Å²) in [7, 11) is 0. The molecule has 0 aromatic carbocycles. The van der Waals surface area contributed by atoms with Crippen LogP contribution in [-0.4, -0.2) is 37.2 Å². The molecule has 0 bridgehead atoms. The second-order valence-electron chi connectivity index (χ2n) is 21.6. The van der Waals surface area contributed by atoms with E-state index >= 15 is 0 Å². The molecule has 0 aliphatic carbocycles. The lowest BCUT2D eigenvalue weighted by Crippen LogP contribution is -2.30. The molecule has 0 amide bonds. The number of ether oxygens (including phenoxy) is 3. The third-order valence-corrected chi connectivity index (χ3v) is 14.0. The van der Waals surface area contributed by atoms with Crippen molar-refractivity contribution in [3.05, 3.63) is 109 Å². The average molecular weight is 1080 g/mol. The maximum atomic E-state index is 12.9. The molecule has 0 heterocycles. The summed E-state index contributed by atoms with van der Waals surface area (Å²) in [6, 6.07) is 0. The van der Waals surface area contributed by atoms with Crippen LogP contribution in [-0.2, 0) is 28.6 Å². The highest BCUT2D eigenvalue weighted by atomic mass is 16.6. The first-order chi connectivity index (χ1) is 38.5. The first-order valence-corrected chi connectivity index (χ1v) is 32.9. The Morgan fingerprint density at radius 1 is 0.269 bits per heavy atom. The van der Waals surface area contributed by atoms with Gasteiger partial charge in [-0.1, -0.05) is 297 Å². The molecule has 0 radical (unpaired) electrons. The maximum Gasteiger partial charge on any atom is 0.306 e. The molecule has 1 unspecified atom stereocenters. The normalized spacial score (nSPS) is 12.8. The Labute approximate surface area is 482 Å². The SMILES string of the molecule is CC/C=C\C/C=C\C/C=C\C/C=C\C/C=C\C/C=C\C/C=C\CCCC(=O)OCC(COC(=O)CCCCCCCCCCCCCCCC)OC(=O)CCCCCCCCCCCCC/C=C\C/C=C\CCCCCCC. The van der Waals surface area contributed by atoms with Gasteiger partial charge in [-0.05, 0) is 103 Å². The van der Waals surface area contributed by atoms with E-state index in [2.05, 4.69) is 130 Å². The van der Waals surface area contributed by atoms with Crippen LogP contribution in [0.3, 0.4) is 0 Å². The van der Waals surface area contributed by atoms with Crippen LogP contribution >= 0.6 is 0 Å². The Balaban J connectivity index is 4.44. The molecular weight excluding hydrogens is 961 g/mol. The molecule has 0 N–H and O–H groups in total. The Bertz CT molecular complexity index is 1570. The summed E-state index contributed by atoms with van der Waals surface area (Å²) < 4.78 is 16.9. The number of unbranched alkanes of at least 4 members (excludes halogenated alkanes) is 30. The van der Waals surface area contributed by atoms with Gasteiger partial charge in [0.1, 0.15) is 13.2 Å².